The Hall–Kier alpha value is -3.03. The second-order valence-corrected chi connectivity index (χ2v) is 7.61. The van der Waals surface area contributed by atoms with Crippen molar-refractivity contribution in [2.45, 2.75) is 10.6 Å². The van der Waals surface area contributed by atoms with E-state index in [1.54, 1.807) is 12.1 Å². The molecule has 0 fully saturated rings. The smallest absolute Gasteiger partial charge is 0.262 e. The van der Waals surface area contributed by atoms with Gasteiger partial charge in [0, 0.05) is 21.7 Å². The Kier molecular flexibility index (Phi) is 4.70. The third-order valence-electron chi connectivity index (χ3n) is 4.37. The predicted octanol–water partition coefficient (Wildman–Crippen LogP) is 3.25. The molecule has 3 aromatic rings. The van der Waals surface area contributed by atoms with E-state index in [1.165, 1.54) is 16.3 Å². The number of nitrogens with zero attached hydrogens (tertiary/aromatic N) is 1. The van der Waals surface area contributed by atoms with Crippen LogP contribution in [0.5, 0.6) is 0 Å². The summed E-state index contributed by atoms with van der Waals surface area (Å²) in [7, 11) is 0. The van der Waals surface area contributed by atoms with E-state index in [4.69, 9.17) is 17.3 Å². The van der Waals surface area contributed by atoms with Crippen molar-refractivity contribution in [2.24, 2.45) is 0 Å². The molecule has 1 aliphatic heterocycles. The maximum atomic E-state index is 12.7. The number of amides is 2. The average molecular weight is 412 g/mol. The molecule has 0 radical (unpaired) electrons. The molecule has 0 bridgehead atoms. The van der Waals surface area contributed by atoms with Crippen LogP contribution in [0, 0.1) is 0 Å². The van der Waals surface area contributed by atoms with Crippen molar-refractivity contribution in [3.8, 4) is 5.69 Å². The van der Waals surface area contributed by atoms with Crippen LogP contribution in [0.4, 0.5) is 5.82 Å². The SMILES string of the molecule is Nc1c2c(cc(=O)n1-c1ccccc1SCc1ccc(Cl)cc1)C(=O)NC2=O. The number of hydrogen-bond acceptors (Lipinski definition) is 5. The zero-order valence-electron chi connectivity index (χ0n) is 14.4. The van der Waals surface area contributed by atoms with Gasteiger partial charge in [-0.1, -0.05) is 35.9 Å². The highest BCUT2D eigenvalue weighted by atomic mass is 35.5. The van der Waals surface area contributed by atoms with Crippen LogP contribution >= 0.6 is 23.4 Å². The lowest BCUT2D eigenvalue weighted by Gasteiger charge is -2.15. The summed E-state index contributed by atoms with van der Waals surface area (Å²) in [6.07, 6.45) is 0. The number of para-hydroxylation sites is 1. The summed E-state index contributed by atoms with van der Waals surface area (Å²) < 4.78 is 1.27. The molecule has 0 atom stereocenters. The molecule has 0 spiro atoms. The summed E-state index contributed by atoms with van der Waals surface area (Å²) in [6.45, 7) is 0. The van der Waals surface area contributed by atoms with Gasteiger partial charge in [-0.3, -0.25) is 24.3 Å². The summed E-state index contributed by atoms with van der Waals surface area (Å²) in [6, 6.07) is 15.9. The number of halogens is 1. The van der Waals surface area contributed by atoms with Gasteiger partial charge in [0.25, 0.3) is 17.4 Å². The van der Waals surface area contributed by atoms with Gasteiger partial charge < -0.3 is 5.73 Å². The van der Waals surface area contributed by atoms with Gasteiger partial charge in [0.1, 0.15) is 5.82 Å². The Labute approximate surface area is 169 Å². The van der Waals surface area contributed by atoms with Crippen LogP contribution < -0.4 is 16.6 Å². The minimum Gasteiger partial charge on any atom is -0.384 e. The quantitative estimate of drug-likeness (QED) is 0.507. The van der Waals surface area contributed by atoms with Gasteiger partial charge in [-0.05, 0) is 29.8 Å². The average Bonchev–Trinajstić information content (AvgIpc) is 2.96. The Morgan fingerprint density at radius 2 is 1.71 bits per heavy atom. The van der Waals surface area contributed by atoms with Gasteiger partial charge in [-0.2, -0.15) is 0 Å². The fraction of sp³-hybridized carbons (Fsp3) is 0.0500. The fourth-order valence-corrected chi connectivity index (χ4v) is 4.16. The van der Waals surface area contributed by atoms with E-state index in [0.29, 0.717) is 16.5 Å². The summed E-state index contributed by atoms with van der Waals surface area (Å²) in [5.74, 6) is -0.600. The standard InChI is InChI=1S/C20H14ClN3O3S/c21-12-7-5-11(6-8-12)10-28-15-4-2-1-3-14(15)24-16(25)9-13-17(18(24)22)20(27)23-19(13)26/h1-9H,10,22H2,(H,23,26,27). The van der Waals surface area contributed by atoms with E-state index < -0.39 is 17.4 Å². The third kappa shape index (κ3) is 3.19. The Morgan fingerprint density at radius 1 is 1.00 bits per heavy atom. The Balaban J connectivity index is 1.76. The molecule has 6 nitrogen and oxygen atoms in total. The molecule has 28 heavy (non-hydrogen) atoms. The lowest BCUT2D eigenvalue weighted by Crippen LogP contribution is -2.24. The van der Waals surface area contributed by atoms with E-state index in [1.807, 2.05) is 36.4 Å². The first kappa shape index (κ1) is 18.3. The number of rotatable bonds is 4. The van der Waals surface area contributed by atoms with Crippen molar-refractivity contribution in [3.63, 3.8) is 0 Å². The molecule has 4 rings (SSSR count). The third-order valence-corrected chi connectivity index (χ3v) is 5.75. The van der Waals surface area contributed by atoms with E-state index >= 15 is 0 Å². The number of carbonyl (C=O) groups is 2. The molecule has 8 heteroatoms. The molecule has 0 saturated carbocycles. The molecular weight excluding hydrogens is 398 g/mol. The predicted molar refractivity (Wildman–Crippen MR) is 109 cm³/mol. The van der Waals surface area contributed by atoms with Gasteiger partial charge in [0.05, 0.1) is 16.8 Å². The van der Waals surface area contributed by atoms with Gasteiger partial charge in [0.15, 0.2) is 0 Å². The molecule has 140 valence electrons. The van der Waals surface area contributed by atoms with Crippen LogP contribution in [0.3, 0.4) is 0 Å². The highest BCUT2D eigenvalue weighted by Gasteiger charge is 2.32. The largest absolute Gasteiger partial charge is 0.384 e. The zero-order chi connectivity index (χ0) is 19.8. The molecule has 2 amide bonds. The molecule has 0 saturated heterocycles. The highest BCUT2D eigenvalue weighted by molar-refractivity contribution is 7.98. The van der Waals surface area contributed by atoms with Crippen LogP contribution in [0.25, 0.3) is 5.69 Å². The lowest BCUT2D eigenvalue weighted by atomic mass is 10.1. The second kappa shape index (κ2) is 7.18. The minimum absolute atomic E-state index is 0.00930. The number of anilines is 1. The number of nitrogens with two attached hydrogens (primary N) is 1. The van der Waals surface area contributed by atoms with Gasteiger partial charge in [-0.25, -0.2) is 0 Å². The van der Waals surface area contributed by atoms with E-state index in [2.05, 4.69) is 5.32 Å². The normalized spacial score (nSPS) is 12.8. The number of nitrogens with one attached hydrogen (secondary N) is 1. The van der Waals surface area contributed by atoms with Crippen LogP contribution in [0.15, 0.2) is 64.3 Å². The number of benzene rings is 2. The van der Waals surface area contributed by atoms with E-state index in [9.17, 15) is 14.4 Å². The number of aromatic nitrogens is 1. The molecule has 2 aromatic carbocycles. The van der Waals surface area contributed by atoms with Crippen molar-refractivity contribution in [1.82, 2.24) is 9.88 Å². The number of fused-ring (bicyclic) bond motifs is 1. The first-order chi connectivity index (χ1) is 13.5. The molecule has 1 aliphatic rings. The number of hydrogen-bond donors (Lipinski definition) is 2. The molecule has 2 heterocycles. The van der Waals surface area contributed by atoms with Crippen molar-refractivity contribution in [1.29, 1.82) is 0 Å². The van der Waals surface area contributed by atoms with Crippen LogP contribution in [-0.2, 0) is 5.75 Å². The lowest BCUT2D eigenvalue weighted by molar-refractivity contribution is 0.0880. The summed E-state index contributed by atoms with van der Waals surface area (Å²) in [5.41, 5.74) is 7.33. The molecule has 0 unspecified atom stereocenters. The number of pyridine rings is 1. The fourth-order valence-electron chi connectivity index (χ4n) is 3.03. The topological polar surface area (TPSA) is 94.2 Å². The van der Waals surface area contributed by atoms with Crippen molar-refractivity contribution >= 4 is 41.0 Å². The summed E-state index contributed by atoms with van der Waals surface area (Å²) in [5, 5.41) is 2.83. The number of carbonyl (C=O) groups excluding carboxylic acids is 2. The van der Waals surface area contributed by atoms with Crippen molar-refractivity contribution < 1.29 is 9.59 Å². The van der Waals surface area contributed by atoms with Gasteiger partial charge in [-0.15, -0.1) is 11.8 Å². The van der Waals surface area contributed by atoms with Gasteiger partial charge in [0.2, 0.25) is 0 Å². The number of imide groups is 1. The molecule has 1 aromatic heterocycles. The Bertz CT molecular complexity index is 1170. The van der Waals surface area contributed by atoms with Crippen LogP contribution in [0.1, 0.15) is 26.3 Å². The Morgan fingerprint density at radius 3 is 2.46 bits per heavy atom. The molecule has 0 aliphatic carbocycles. The first-order valence-corrected chi connectivity index (χ1v) is 9.70. The van der Waals surface area contributed by atoms with Gasteiger partial charge >= 0.3 is 0 Å². The van der Waals surface area contributed by atoms with Crippen LogP contribution in [-0.4, -0.2) is 16.4 Å². The first-order valence-electron chi connectivity index (χ1n) is 8.33. The van der Waals surface area contributed by atoms with Crippen molar-refractivity contribution in [2.75, 3.05) is 5.73 Å². The van der Waals surface area contributed by atoms with E-state index in [0.717, 1.165) is 16.5 Å². The van der Waals surface area contributed by atoms with Crippen LogP contribution in [0.2, 0.25) is 5.02 Å². The zero-order valence-corrected chi connectivity index (χ0v) is 16.0. The second-order valence-electron chi connectivity index (χ2n) is 6.16. The molecular formula is C20H14ClN3O3S. The number of thioether (sulfide) groups is 1. The highest BCUT2D eigenvalue weighted by Crippen LogP contribution is 2.31. The maximum absolute atomic E-state index is 12.7. The van der Waals surface area contributed by atoms with E-state index in [-0.39, 0.29) is 16.9 Å². The monoisotopic (exact) mass is 411 g/mol. The number of nitrogen functional groups attached to an aromatic ring is 1. The molecule has 3 N–H and O–H groups in total. The summed E-state index contributed by atoms with van der Waals surface area (Å²) in [4.78, 5) is 37.4. The summed E-state index contributed by atoms with van der Waals surface area (Å²) >= 11 is 7.45. The maximum Gasteiger partial charge on any atom is 0.262 e. The minimum atomic E-state index is -0.610. The van der Waals surface area contributed by atoms with Crippen molar-refractivity contribution in [3.05, 3.63) is 86.7 Å².